The van der Waals surface area contributed by atoms with E-state index in [9.17, 15) is 0 Å². The Morgan fingerprint density at radius 3 is 2.76 bits per heavy atom. The van der Waals surface area contributed by atoms with Gasteiger partial charge in [-0.1, -0.05) is 30.4 Å². The number of para-hydroxylation sites is 1. The number of nitrogens with zero attached hydrogens (tertiary/aromatic N) is 3. The molecule has 0 atom stereocenters. The van der Waals surface area contributed by atoms with E-state index in [1.54, 1.807) is 6.33 Å². The highest BCUT2D eigenvalue weighted by Crippen LogP contribution is 2.19. The molecule has 0 bridgehead atoms. The van der Waals surface area contributed by atoms with Gasteiger partial charge in [-0.3, -0.25) is 0 Å². The number of hydrogen-bond donors (Lipinski definition) is 1. The minimum Gasteiger partial charge on any atom is -0.330 e. The third-order valence-corrected chi connectivity index (χ3v) is 2.97. The van der Waals surface area contributed by atoms with Gasteiger partial charge in [0.05, 0.1) is 23.1 Å². The van der Waals surface area contributed by atoms with Crippen molar-refractivity contribution in [3.05, 3.63) is 47.0 Å². The SMILES string of the molecule is Cc1nn(-c2ccccc2)c2[nH]cnc(=S)c12. The Hall–Kier alpha value is -2.01. The molecule has 0 aliphatic rings. The maximum absolute atomic E-state index is 5.22. The molecule has 0 radical (unpaired) electrons. The first kappa shape index (κ1) is 10.2. The fourth-order valence-corrected chi connectivity index (χ4v) is 2.19. The van der Waals surface area contributed by atoms with Crippen LogP contribution in [0.4, 0.5) is 0 Å². The first-order valence-corrected chi connectivity index (χ1v) is 5.66. The van der Waals surface area contributed by atoms with Crippen molar-refractivity contribution in [3.8, 4) is 5.69 Å². The molecule has 0 saturated heterocycles. The van der Waals surface area contributed by atoms with Crippen LogP contribution in [0.1, 0.15) is 5.69 Å². The normalized spacial score (nSPS) is 10.9. The summed E-state index contributed by atoms with van der Waals surface area (Å²) in [4.78, 5) is 7.18. The molecule has 2 aromatic heterocycles. The summed E-state index contributed by atoms with van der Waals surface area (Å²) in [7, 11) is 0. The number of aryl methyl sites for hydroxylation is 1. The van der Waals surface area contributed by atoms with Crippen molar-refractivity contribution in [2.24, 2.45) is 0 Å². The molecule has 4 nitrogen and oxygen atoms in total. The van der Waals surface area contributed by atoms with Gasteiger partial charge in [-0.2, -0.15) is 5.10 Å². The van der Waals surface area contributed by atoms with Gasteiger partial charge in [0.1, 0.15) is 10.3 Å². The van der Waals surface area contributed by atoms with Gasteiger partial charge in [0.25, 0.3) is 0 Å². The summed E-state index contributed by atoms with van der Waals surface area (Å²) in [6, 6.07) is 9.94. The van der Waals surface area contributed by atoms with Gasteiger partial charge in [0.15, 0.2) is 0 Å². The molecule has 17 heavy (non-hydrogen) atoms. The number of rotatable bonds is 1. The Balaban J connectivity index is 2.40. The third-order valence-electron chi connectivity index (χ3n) is 2.66. The van der Waals surface area contributed by atoms with Crippen molar-refractivity contribution >= 4 is 23.3 Å². The van der Waals surface area contributed by atoms with Crippen LogP contribution >= 0.6 is 12.2 Å². The number of hydrogen-bond acceptors (Lipinski definition) is 3. The van der Waals surface area contributed by atoms with Crippen LogP contribution in [0.15, 0.2) is 36.7 Å². The Kier molecular flexibility index (Phi) is 2.26. The minimum atomic E-state index is 0.582. The number of aromatic amines is 1. The Bertz CT molecular complexity index is 727. The number of fused-ring (bicyclic) bond motifs is 1. The van der Waals surface area contributed by atoms with Crippen LogP contribution in [0.2, 0.25) is 0 Å². The van der Waals surface area contributed by atoms with Gasteiger partial charge in [-0.15, -0.1) is 0 Å². The highest BCUT2D eigenvalue weighted by molar-refractivity contribution is 7.71. The molecule has 0 aliphatic carbocycles. The van der Waals surface area contributed by atoms with Crippen molar-refractivity contribution in [3.63, 3.8) is 0 Å². The van der Waals surface area contributed by atoms with Gasteiger partial charge in [-0.05, 0) is 19.1 Å². The molecule has 0 fully saturated rings. The van der Waals surface area contributed by atoms with E-state index in [0.29, 0.717) is 4.64 Å². The molecule has 1 N–H and O–H groups in total. The van der Waals surface area contributed by atoms with Crippen LogP contribution in [-0.2, 0) is 0 Å². The van der Waals surface area contributed by atoms with E-state index in [4.69, 9.17) is 12.2 Å². The minimum absolute atomic E-state index is 0.582. The zero-order chi connectivity index (χ0) is 11.8. The average molecular weight is 242 g/mol. The van der Waals surface area contributed by atoms with E-state index < -0.39 is 0 Å². The van der Waals surface area contributed by atoms with E-state index in [-0.39, 0.29) is 0 Å². The van der Waals surface area contributed by atoms with Crippen LogP contribution in [0.25, 0.3) is 16.7 Å². The van der Waals surface area contributed by atoms with Crippen LogP contribution in [0, 0.1) is 11.6 Å². The lowest BCUT2D eigenvalue weighted by Crippen LogP contribution is -1.97. The second-order valence-corrected chi connectivity index (χ2v) is 4.15. The fraction of sp³-hybridized carbons (Fsp3) is 0.0833. The smallest absolute Gasteiger partial charge is 0.145 e. The summed E-state index contributed by atoms with van der Waals surface area (Å²) in [5.41, 5.74) is 2.77. The van der Waals surface area contributed by atoms with E-state index in [0.717, 1.165) is 22.4 Å². The van der Waals surface area contributed by atoms with Crippen LogP contribution in [-0.4, -0.2) is 19.7 Å². The Labute approximate surface area is 103 Å². The first-order valence-electron chi connectivity index (χ1n) is 5.26. The zero-order valence-electron chi connectivity index (χ0n) is 9.21. The molecule has 5 heteroatoms. The summed E-state index contributed by atoms with van der Waals surface area (Å²) in [6.45, 7) is 1.94. The molecule has 0 unspecified atom stereocenters. The topological polar surface area (TPSA) is 46.5 Å². The summed E-state index contributed by atoms with van der Waals surface area (Å²) in [5, 5.41) is 5.41. The average Bonchev–Trinajstić information content (AvgIpc) is 2.69. The molecule has 3 aromatic rings. The van der Waals surface area contributed by atoms with Gasteiger partial charge in [0.2, 0.25) is 0 Å². The highest BCUT2D eigenvalue weighted by atomic mass is 32.1. The molecular formula is C12H10N4S. The highest BCUT2D eigenvalue weighted by Gasteiger charge is 2.10. The van der Waals surface area contributed by atoms with Crippen LogP contribution < -0.4 is 0 Å². The standard InChI is InChI=1S/C12H10N4S/c1-8-10-11(13-7-14-12(10)17)16(15-8)9-5-3-2-4-6-9/h2-7H,1H3,(H,13,14,17). The second-order valence-electron chi connectivity index (χ2n) is 3.76. The quantitative estimate of drug-likeness (QED) is 0.667. The van der Waals surface area contributed by atoms with Crippen molar-refractivity contribution in [2.45, 2.75) is 6.92 Å². The number of H-pyrrole nitrogens is 1. The van der Waals surface area contributed by atoms with E-state index >= 15 is 0 Å². The first-order chi connectivity index (χ1) is 8.27. The number of aromatic nitrogens is 4. The van der Waals surface area contributed by atoms with E-state index in [1.165, 1.54) is 0 Å². The van der Waals surface area contributed by atoms with E-state index in [1.807, 2.05) is 41.9 Å². The molecule has 3 rings (SSSR count). The second kappa shape index (κ2) is 3.78. The predicted molar refractivity (Wildman–Crippen MR) is 68.8 cm³/mol. The molecule has 0 aliphatic heterocycles. The van der Waals surface area contributed by atoms with E-state index in [2.05, 4.69) is 15.1 Å². The summed E-state index contributed by atoms with van der Waals surface area (Å²) in [5.74, 6) is 0. The lowest BCUT2D eigenvalue weighted by Gasteiger charge is -2.01. The molecular weight excluding hydrogens is 232 g/mol. The maximum Gasteiger partial charge on any atom is 0.145 e. The number of benzene rings is 1. The lowest BCUT2D eigenvalue weighted by atomic mass is 10.3. The summed E-state index contributed by atoms with van der Waals surface area (Å²) < 4.78 is 2.43. The van der Waals surface area contributed by atoms with Crippen molar-refractivity contribution in [2.75, 3.05) is 0 Å². The van der Waals surface area contributed by atoms with Gasteiger partial charge in [-0.25, -0.2) is 9.67 Å². The number of nitrogens with one attached hydrogen (secondary N) is 1. The lowest BCUT2D eigenvalue weighted by molar-refractivity contribution is 0.876. The summed E-state index contributed by atoms with van der Waals surface area (Å²) >= 11 is 5.22. The van der Waals surface area contributed by atoms with Crippen LogP contribution in [0.3, 0.4) is 0 Å². The molecule has 1 aromatic carbocycles. The molecule has 0 amide bonds. The fourth-order valence-electron chi connectivity index (χ4n) is 1.89. The zero-order valence-corrected chi connectivity index (χ0v) is 10.0. The molecule has 0 spiro atoms. The largest absolute Gasteiger partial charge is 0.330 e. The van der Waals surface area contributed by atoms with Crippen LogP contribution in [0.5, 0.6) is 0 Å². The predicted octanol–water partition coefficient (Wildman–Crippen LogP) is 2.79. The Morgan fingerprint density at radius 1 is 1.24 bits per heavy atom. The molecule has 2 heterocycles. The molecule has 84 valence electrons. The third kappa shape index (κ3) is 1.55. The van der Waals surface area contributed by atoms with Gasteiger partial charge in [0, 0.05) is 0 Å². The van der Waals surface area contributed by atoms with Crippen molar-refractivity contribution in [1.29, 1.82) is 0 Å². The van der Waals surface area contributed by atoms with Gasteiger partial charge < -0.3 is 4.98 Å². The van der Waals surface area contributed by atoms with Crippen molar-refractivity contribution < 1.29 is 0 Å². The monoisotopic (exact) mass is 242 g/mol. The van der Waals surface area contributed by atoms with Gasteiger partial charge >= 0.3 is 0 Å². The van der Waals surface area contributed by atoms with Crippen molar-refractivity contribution in [1.82, 2.24) is 19.7 Å². The summed E-state index contributed by atoms with van der Waals surface area (Å²) in [6.07, 6.45) is 1.60. The molecule has 0 saturated carbocycles. The maximum atomic E-state index is 5.22. The Morgan fingerprint density at radius 2 is 2.00 bits per heavy atom.